The molecule has 3 nitrogen and oxygen atoms in total. The number of halogens is 1. The minimum atomic E-state index is -0.224. The van der Waals surface area contributed by atoms with Crippen molar-refractivity contribution in [2.75, 3.05) is 18.6 Å². The molecular formula is C11H14ClNO2S. The molecule has 0 fully saturated rings. The molecule has 0 saturated heterocycles. The number of methoxy groups -OCH3 is 1. The first-order valence-corrected chi connectivity index (χ1v) is 6.17. The Morgan fingerprint density at radius 1 is 1.62 bits per heavy atom. The standard InChI is InChI=1S/C11H14ClNO2S/c1-7(11(14)15-2)6-16-10-8(12)4-3-5-9(10)13/h3-5,7H,6,13H2,1-2H3. The maximum absolute atomic E-state index is 11.2. The van der Waals surface area contributed by atoms with Crippen molar-refractivity contribution in [3.63, 3.8) is 0 Å². The van der Waals surface area contributed by atoms with E-state index in [9.17, 15) is 4.79 Å². The predicted octanol–water partition coefficient (Wildman–Crippen LogP) is 2.82. The zero-order valence-corrected chi connectivity index (χ0v) is 10.8. The highest BCUT2D eigenvalue weighted by Crippen LogP contribution is 2.33. The summed E-state index contributed by atoms with van der Waals surface area (Å²) in [7, 11) is 1.38. The Hall–Kier alpha value is -0.870. The van der Waals surface area contributed by atoms with Crippen LogP contribution in [0.3, 0.4) is 0 Å². The Balaban J connectivity index is 2.64. The van der Waals surface area contributed by atoms with Gasteiger partial charge in [-0.25, -0.2) is 0 Å². The third-order valence-corrected chi connectivity index (χ3v) is 3.92. The molecule has 1 aromatic rings. The van der Waals surface area contributed by atoms with Gasteiger partial charge in [0.25, 0.3) is 0 Å². The fraction of sp³-hybridized carbons (Fsp3) is 0.364. The quantitative estimate of drug-likeness (QED) is 0.513. The second kappa shape index (κ2) is 6.01. The first-order valence-electron chi connectivity index (χ1n) is 4.81. The van der Waals surface area contributed by atoms with Crippen molar-refractivity contribution < 1.29 is 9.53 Å². The number of hydrogen-bond donors (Lipinski definition) is 1. The van der Waals surface area contributed by atoms with Crippen molar-refractivity contribution in [2.45, 2.75) is 11.8 Å². The predicted molar refractivity (Wildman–Crippen MR) is 67.8 cm³/mol. The average Bonchev–Trinajstić information content (AvgIpc) is 2.27. The van der Waals surface area contributed by atoms with Gasteiger partial charge in [0.2, 0.25) is 0 Å². The maximum atomic E-state index is 11.2. The van der Waals surface area contributed by atoms with Crippen molar-refractivity contribution in [3.8, 4) is 0 Å². The average molecular weight is 260 g/mol. The van der Waals surface area contributed by atoms with Gasteiger partial charge in [-0.15, -0.1) is 11.8 Å². The van der Waals surface area contributed by atoms with E-state index in [0.29, 0.717) is 16.5 Å². The number of rotatable bonds is 4. The lowest BCUT2D eigenvalue weighted by molar-refractivity contribution is -0.143. The summed E-state index contributed by atoms with van der Waals surface area (Å²) in [6.07, 6.45) is 0. The lowest BCUT2D eigenvalue weighted by Gasteiger charge is -2.11. The summed E-state index contributed by atoms with van der Waals surface area (Å²) in [5, 5.41) is 0.613. The normalized spacial score (nSPS) is 12.2. The molecule has 0 aliphatic rings. The van der Waals surface area contributed by atoms with E-state index in [1.165, 1.54) is 18.9 Å². The van der Waals surface area contributed by atoms with E-state index in [1.54, 1.807) is 18.2 Å². The van der Waals surface area contributed by atoms with E-state index >= 15 is 0 Å². The van der Waals surface area contributed by atoms with Crippen LogP contribution in [0.25, 0.3) is 0 Å². The number of nitrogens with two attached hydrogens (primary N) is 1. The van der Waals surface area contributed by atoms with Crippen molar-refractivity contribution in [2.24, 2.45) is 5.92 Å². The highest BCUT2D eigenvalue weighted by Gasteiger charge is 2.15. The minimum Gasteiger partial charge on any atom is -0.469 e. The molecule has 1 rings (SSSR count). The largest absolute Gasteiger partial charge is 0.469 e. The molecular weight excluding hydrogens is 246 g/mol. The van der Waals surface area contributed by atoms with E-state index in [1.807, 2.05) is 6.92 Å². The summed E-state index contributed by atoms with van der Waals surface area (Å²) >= 11 is 7.48. The van der Waals surface area contributed by atoms with Crippen LogP contribution in [0.15, 0.2) is 23.1 Å². The van der Waals surface area contributed by atoms with E-state index in [4.69, 9.17) is 17.3 Å². The van der Waals surface area contributed by atoms with Gasteiger partial charge in [-0.1, -0.05) is 24.6 Å². The molecule has 1 unspecified atom stereocenters. The molecule has 16 heavy (non-hydrogen) atoms. The van der Waals surface area contributed by atoms with Crippen LogP contribution in [-0.4, -0.2) is 18.8 Å². The van der Waals surface area contributed by atoms with Gasteiger partial charge in [0.15, 0.2) is 0 Å². The Morgan fingerprint density at radius 2 is 2.31 bits per heavy atom. The molecule has 0 saturated carbocycles. The molecule has 2 N–H and O–H groups in total. The fourth-order valence-electron chi connectivity index (χ4n) is 1.16. The number of hydrogen-bond acceptors (Lipinski definition) is 4. The Morgan fingerprint density at radius 3 is 2.88 bits per heavy atom. The van der Waals surface area contributed by atoms with Crippen LogP contribution in [0.2, 0.25) is 5.02 Å². The number of nitrogen functional groups attached to an aromatic ring is 1. The summed E-state index contributed by atoms with van der Waals surface area (Å²) in [5.74, 6) is 0.199. The molecule has 0 aliphatic heterocycles. The lowest BCUT2D eigenvalue weighted by atomic mass is 10.2. The number of benzene rings is 1. The topological polar surface area (TPSA) is 52.3 Å². The third-order valence-electron chi connectivity index (χ3n) is 2.08. The first-order chi connectivity index (χ1) is 7.56. The Kier molecular flexibility index (Phi) is 4.96. The van der Waals surface area contributed by atoms with Crippen LogP contribution in [-0.2, 0) is 9.53 Å². The van der Waals surface area contributed by atoms with Gasteiger partial charge < -0.3 is 10.5 Å². The highest BCUT2D eigenvalue weighted by atomic mass is 35.5. The van der Waals surface area contributed by atoms with Crippen LogP contribution >= 0.6 is 23.4 Å². The van der Waals surface area contributed by atoms with Gasteiger partial charge in [0, 0.05) is 16.3 Å². The maximum Gasteiger partial charge on any atom is 0.309 e. The Bertz CT molecular complexity index is 364. The molecule has 5 heteroatoms. The summed E-state index contributed by atoms with van der Waals surface area (Å²) < 4.78 is 4.64. The summed E-state index contributed by atoms with van der Waals surface area (Å²) in [6.45, 7) is 1.81. The van der Waals surface area contributed by atoms with Gasteiger partial charge in [-0.05, 0) is 12.1 Å². The molecule has 0 heterocycles. The first kappa shape index (κ1) is 13.2. The molecule has 0 aromatic heterocycles. The van der Waals surface area contributed by atoms with Crippen molar-refractivity contribution in [1.82, 2.24) is 0 Å². The van der Waals surface area contributed by atoms with E-state index in [0.717, 1.165) is 4.90 Å². The van der Waals surface area contributed by atoms with Crippen molar-refractivity contribution in [1.29, 1.82) is 0 Å². The molecule has 0 aliphatic carbocycles. The molecule has 0 radical (unpaired) electrons. The Labute approximate surface area is 104 Å². The zero-order valence-electron chi connectivity index (χ0n) is 9.20. The number of ether oxygens (including phenoxy) is 1. The van der Waals surface area contributed by atoms with Crippen LogP contribution in [0.4, 0.5) is 5.69 Å². The number of anilines is 1. The number of carbonyl (C=O) groups excluding carboxylic acids is 1. The lowest BCUT2D eigenvalue weighted by Crippen LogP contribution is -2.14. The zero-order chi connectivity index (χ0) is 12.1. The number of esters is 1. The van der Waals surface area contributed by atoms with E-state index in [2.05, 4.69) is 4.74 Å². The van der Waals surface area contributed by atoms with E-state index in [-0.39, 0.29) is 11.9 Å². The van der Waals surface area contributed by atoms with E-state index < -0.39 is 0 Å². The molecule has 1 aromatic carbocycles. The van der Waals surface area contributed by atoms with Gasteiger partial charge in [0.1, 0.15) is 0 Å². The van der Waals surface area contributed by atoms with Crippen LogP contribution in [0, 0.1) is 5.92 Å². The number of thioether (sulfide) groups is 1. The van der Waals surface area contributed by atoms with Gasteiger partial charge >= 0.3 is 5.97 Å². The summed E-state index contributed by atoms with van der Waals surface area (Å²) in [5.41, 5.74) is 6.43. The van der Waals surface area contributed by atoms with Gasteiger partial charge in [0.05, 0.1) is 18.1 Å². The summed E-state index contributed by atoms with van der Waals surface area (Å²) in [4.78, 5) is 12.0. The molecule has 1 atom stereocenters. The summed E-state index contributed by atoms with van der Waals surface area (Å²) in [6, 6.07) is 5.37. The highest BCUT2D eigenvalue weighted by molar-refractivity contribution is 7.99. The van der Waals surface area contributed by atoms with Crippen LogP contribution < -0.4 is 5.73 Å². The molecule has 88 valence electrons. The second-order valence-electron chi connectivity index (χ2n) is 3.39. The fourth-order valence-corrected chi connectivity index (χ4v) is 2.49. The molecule has 0 spiro atoms. The minimum absolute atomic E-state index is 0.175. The monoisotopic (exact) mass is 259 g/mol. The molecule has 0 bridgehead atoms. The SMILES string of the molecule is COC(=O)C(C)CSc1c(N)cccc1Cl. The van der Waals surface area contributed by atoms with Gasteiger partial charge in [-0.2, -0.15) is 0 Å². The van der Waals surface area contributed by atoms with Gasteiger partial charge in [-0.3, -0.25) is 4.79 Å². The van der Waals surface area contributed by atoms with Crippen molar-refractivity contribution in [3.05, 3.63) is 23.2 Å². The smallest absolute Gasteiger partial charge is 0.309 e. The molecule has 0 amide bonds. The van der Waals surface area contributed by atoms with Crippen LogP contribution in [0.5, 0.6) is 0 Å². The second-order valence-corrected chi connectivity index (χ2v) is 4.83. The number of carbonyl (C=O) groups is 1. The van der Waals surface area contributed by atoms with Crippen molar-refractivity contribution >= 4 is 35.0 Å². The third kappa shape index (κ3) is 3.32. The van der Waals surface area contributed by atoms with Crippen LogP contribution in [0.1, 0.15) is 6.92 Å².